The second-order valence-corrected chi connectivity index (χ2v) is 8.38. The van der Waals surface area contributed by atoms with E-state index in [1.54, 1.807) is 25.3 Å². The van der Waals surface area contributed by atoms with Crippen LogP contribution in [0, 0.1) is 5.82 Å². The number of amides is 1. The predicted molar refractivity (Wildman–Crippen MR) is 127 cm³/mol. The van der Waals surface area contributed by atoms with Crippen LogP contribution in [0.5, 0.6) is 11.5 Å². The van der Waals surface area contributed by atoms with E-state index in [0.717, 1.165) is 42.7 Å². The zero-order chi connectivity index (χ0) is 23.2. The molecule has 1 saturated heterocycles. The van der Waals surface area contributed by atoms with E-state index in [0.29, 0.717) is 18.7 Å². The summed E-state index contributed by atoms with van der Waals surface area (Å²) in [4.78, 5) is 17.5. The first-order valence-corrected chi connectivity index (χ1v) is 11.2. The van der Waals surface area contributed by atoms with Crippen molar-refractivity contribution in [1.82, 2.24) is 4.90 Å². The second-order valence-electron chi connectivity index (χ2n) is 8.38. The highest BCUT2D eigenvalue weighted by atomic mass is 19.1. The Labute approximate surface area is 194 Å². The van der Waals surface area contributed by atoms with Gasteiger partial charge in [-0.1, -0.05) is 42.5 Å². The predicted octanol–water partition coefficient (Wildman–Crippen LogP) is 4.78. The molecule has 1 heterocycles. The van der Waals surface area contributed by atoms with Gasteiger partial charge in [0.1, 0.15) is 5.82 Å². The van der Waals surface area contributed by atoms with Gasteiger partial charge in [0.25, 0.3) is 0 Å². The minimum Gasteiger partial charge on any atom is -0.504 e. The number of anilines is 1. The molecule has 0 radical (unpaired) electrons. The molecule has 33 heavy (non-hydrogen) atoms. The Balaban J connectivity index is 1.47. The molecule has 6 heteroatoms. The first kappa shape index (κ1) is 22.8. The van der Waals surface area contributed by atoms with Crippen molar-refractivity contribution in [3.05, 3.63) is 89.7 Å². The fraction of sp³-hybridized carbons (Fsp3) is 0.296. The molecule has 3 aromatic carbocycles. The van der Waals surface area contributed by atoms with Crippen LogP contribution < -0.4 is 9.64 Å². The summed E-state index contributed by atoms with van der Waals surface area (Å²) in [7, 11) is 1.54. The summed E-state index contributed by atoms with van der Waals surface area (Å²) in [5.74, 6) is 0.336. The first-order chi connectivity index (χ1) is 16.0. The normalized spacial score (nSPS) is 14.7. The second kappa shape index (κ2) is 10.5. The molecular formula is C27H29FN2O3. The lowest BCUT2D eigenvalue weighted by Gasteiger charge is -2.39. The number of carbonyl (C=O) groups is 1. The number of phenolic OH excluding ortho intramolecular Hbond substituents is 1. The van der Waals surface area contributed by atoms with E-state index < -0.39 is 0 Å². The number of para-hydroxylation sites is 1. The molecule has 0 saturated carbocycles. The molecule has 0 aliphatic carbocycles. The van der Waals surface area contributed by atoms with Crippen LogP contribution in [-0.2, 0) is 17.8 Å². The molecule has 4 rings (SSSR count). The zero-order valence-corrected chi connectivity index (χ0v) is 18.8. The van der Waals surface area contributed by atoms with E-state index in [1.807, 2.05) is 47.4 Å². The molecule has 0 atom stereocenters. The van der Waals surface area contributed by atoms with E-state index in [4.69, 9.17) is 4.74 Å². The van der Waals surface area contributed by atoms with Crippen LogP contribution in [0.15, 0.2) is 72.8 Å². The largest absolute Gasteiger partial charge is 0.504 e. The van der Waals surface area contributed by atoms with E-state index in [9.17, 15) is 14.3 Å². The Kier molecular flexibility index (Phi) is 7.25. The Morgan fingerprint density at radius 1 is 1.03 bits per heavy atom. The summed E-state index contributed by atoms with van der Waals surface area (Å²) in [5.41, 5.74) is 2.50. The molecule has 172 valence electrons. The van der Waals surface area contributed by atoms with Gasteiger partial charge in [0.15, 0.2) is 11.5 Å². The van der Waals surface area contributed by atoms with Gasteiger partial charge in [-0.2, -0.15) is 0 Å². The van der Waals surface area contributed by atoms with Crippen LogP contribution in [0.25, 0.3) is 0 Å². The van der Waals surface area contributed by atoms with Gasteiger partial charge in [-0.05, 0) is 48.7 Å². The number of nitrogens with zero attached hydrogens (tertiary/aromatic N) is 2. The number of carbonyl (C=O) groups excluding carboxylic acids is 1. The van der Waals surface area contributed by atoms with Crippen LogP contribution in [0.4, 0.5) is 10.1 Å². The summed E-state index contributed by atoms with van der Waals surface area (Å²) in [6, 6.07) is 21.4. The molecule has 1 amide bonds. The molecular weight excluding hydrogens is 419 g/mol. The number of phenols is 1. The third-order valence-electron chi connectivity index (χ3n) is 6.19. The minimum absolute atomic E-state index is 0.0108. The molecule has 3 aromatic rings. The Bertz CT molecular complexity index is 1060. The van der Waals surface area contributed by atoms with Gasteiger partial charge in [0.05, 0.1) is 13.5 Å². The minimum atomic E-state index is -0.317. The van der Waals surface area contributed by atoms with Gasteiger partial charge in [0.2, 0.25) is 5.91 Å². The maximum atomic E-state index is 13.5. The third-order valence-corrected chi connectivity index (χ3v) is 6.19. The van der Waals surface area contributed by atoms with Gasteiger partial charge in [-0.25, -0.2) is 4.39 Å². The van der Waals surface area contributed by atoms with Gasteiger partial charge in [-0.3, -0.25) is 9.69 Å². The lowest BCUT2D eigenvalue weighted by Crippen LogP contribution is -2.48. The van der Waals surface area contributed by atoms with Gasteiger partial charge < -0.3 is 14.7 Å². The number of ether oxygens (including phenoxy) is 1. The standard InChI is InChI=1S/C27H29FN2O3/c1-33-25-9-5-8-21(27(25)32)19-29-16-14-24(15-17-29)30(23-12-10-22(28)11-13-23)26(31)18-20-6-3-2-4-7-20/h2-13,24,32H,14-19H2,1H3. The number of piperidine rings is 1. The molecule has 0 bridgehead atoms. The van der Waals surface area contributed by atoms with Crippen molar-refractivity contribution in [2.75, 3.05) is 25.1 Å². The molecule has 1 aliphatic heterocycles. The van der Waals surface area contributed by atoms with Crippen molar-refractivity contribution in [2.45, 2.75) is 31.8 Å². The highest BCUT2D eigenvalue weighted by Gasteiger charge is 2.29. The summed E-state index contributed by atoms with van der Waals surface area (Å²) in [5, 5.41) is 10.4. The summed E-state index contributed by atoms with van der Waals surface area (Å²) >= 11 is 0. The van der Waals surface area contributed by atoms with Crippen molar-refractivity contribution >= 4 is 11.6 Å². The molecule has 0 spiro atoms. The van der Waals surface area contributed by atoms with Crippen molar-refractivity contribution in [1.29, 1.82) is 0 Å². The van der Waals surface area contributed by atoms with Crippen LogP contribution >= 0.6 is 0 Å². The topological polar surface area (TPSA) is 53.0 Å². The monoisotopic (exact) mass is 448 g/mol. The maximum absolute atomic E-state index is 13.5. The molecule has 1 N–H and O–H groups in total. The smallest absolute Gasteiger partial charge is 0.231 e. The summed E-state index contributed by atoms with van der Waals surface area (Å²) in [6.45, 7) is 2.19. The Hall–Kier alpha value is -3.38. The molecule has 5 nitrogen and oxygen atoms in total. The molecule has 0 unspecified atom stereocenters. The highest BCUT2D eigenvalue weighted by Crippen LogP contribution is 2.32. The summed E-state index contributed by atoms with van der Waals surface area (Å²) < 4.78 is 18.8. The van der Waals surface area contributed by atoms with Crippen molar-refractivity contribution in [3.8, 4) is 11.5 Å². The highest BCUT2D eigenvalue weighted by molar-refractivity contribution is 5.95. The zero-order valence-electron chi connectivity index (χ0n) is 18.8. The van der Waals surface area contributed by atoms with Crippen molar-refractivity contribution in [3.63, 3.8) is 0 Å². The number of benzene rings is 3. The fourth-order valence-electron chi connectivity index (χ4n) is 4.45. The number of hydrogen-bond donors (Lipinski definition) is 1. The van der Waals surface area contributed by atoms with E-state index in [-0.39, 0.29) is 23.5 Å². The maximum Gasteiger partial charge on any atom is 0.231 e. The van der Waals surface area contributed by atoms with E-state index >= 15 is 0 Å². The summed E-state index contributed by atoms with van der Waals surface area (Å²) in [6.07, 6.45) is 1.89. The molecule has 0 aromatic heterocycles. The number of likely N-dealkylation sites (tertiary alicyclic amines) is 1. The molecule has 1 fully saturated rings. The number of hydrogen-bond acceptors (Lipinski definition) is 4. The van der Waals surface area contributed by atoms with Crippen LogP contribution in [0.3, 0.4) is 0 Å². The van der Waals surface area contributed by atoms with Crippen molar-refractivity contribution < 1.29 is 19.0 Å². The van der Waals surface area contributed by atoms with E-state index in [2.05, 4.69) is 4.90 Å². The van der Waals surface area contributed by atoms with E-state index in [1.165, 1.54) is 12.1 Å². The van der Waals surface area contributed by atoms with Crippen LogP contribution in [0.1, 0.15) is 24.0 Å². The molecule has 1 aliphatic rings. The number of rotatable bonds is 7. The van der Waals surface area contributed by atoms with Crippen molar-refractivity contribution in [2.24, 2.45) is 0 Å². The number of methoxy groups -OCH3 is 1. The van der Waals surface area contributed by atoms with Crippen LogP contribution in [-0.4, -0.2) is 42.2 Å². The van der Waals surface area contributed by atoms with Gasteiger partial charge in [0, 0.05) is 36.9 Å². The SMILES string of the molecule is COc1cccc(CN2CCC(N(C(=O)Cc3ccccc3)c3ccc(F)cc3)CC2)c1O. The third kappa shape index (κ3) is 5.52. The lowest BCUT2D eigenvalue weighted by atomic mass is 10.00. The number of aromatic hydroxyl groups is 1. The van der Waals surface area contributed by atoms with Gasteiger partial charge >= 0.3 is 0 Å². The lowest BCUT2D eigenvalue weighted by molar-refractivity contribution is -0.118. The average molecular weight is 449 g/mol. The van der Waals surface area contributed by atoms with Gasteiger partial charge in [-0.15, -0.1) is 0 Å². The quantitative estimate of drug-likeness (QED) is 0.565. The van der Waals surface area contributed by atoms with Crippen LogP contribution in [0.2, 0.25) is 0 Å². The number of halogens is 1. The fourth-order valence-corrected chi connectivity index (χ4v) is 4.45. The Morgan fingerprint density at radius 3 is 2.39 bits per heavy atom. The Morgan fingerprint density at radius 2 is 1.73 bits per heavy atom. The first-order valence-electron chi connectivity index (χ1n) is 11.2. The average Bonchev–Trinajstić information content (AvgIpc) is 2.83.